The Morgan fingerprint density at radius 1 is 0.469 bits per heavy atom. The third-order valence-corrected chi connectivity index (χ3v) is 10.1. The van der Waals surface area contributed by atoms with Gasteiger partial charge in [0.25, 0.3) is 0 Å². The van der Waals surface area contributed by atoms with E-state index < -0.39 is 0 Å². The van der Waals surface area contributed by atoms with E-state index in [2.05, 4.69) is 173 Å². The Morgan fingerprint density at radius 3 is 1.76 bits per heavy atom. The molecule has 3 heteroatoms. The number of anilines is 2. The molecule has 0 saturated carbocycles. The Bertz CT molecular complexity index is 2600. The second kappa shape index (κ2) is 11.1. The van der Waals surface area contributed by atoms with E-state index in [1.54, 1.807) is 0 Å². The lowest BCUT2D eigenvalue weighted by Gasteiger charge is -2.30. The van der Waals surface area contributed by atoms with Crippen molar-refractivity contribution >= 4 is 49.4 Å². The summed E-state index contributed by atoms with van der Waals surface area (Å²) in [5.74, 6) is 0. The van der Waals surface area contributed by atoms with Gasteiger partial charge in [-0.15, -0.1) is 0 Å². The summed E-state index contributed by atoms with van der Waals surface area (Å²) < 4.78 is 0. The number of benzene rings is 7. The highest BCUT2D eigenvalue weighted by molar-refractivity contribution is 6.26. The number of pyridine rings is 1. The van der Waals surface area contributed by atoms with Gasteiger partial charge >= 0.3 is 0 Å². The summed E-state index contributed by atoms with van der Waals surface area (Å²) >= 11 is 0. The zero-order chi connectivity index (χ0) is 32.3. The monoisotopic (exact) mass is 625 g/mol. The van der Waals surface area contributed by atoms with Crippen LogP contribution in [0, 0.1) is 0 Å². The highest BCUT2D eigenvalue weighted by Crippen LogP contribution is 2.45. The lowest BCUT2D eigenvalue weighted by molar-refractivity contribution is 0.922. The summed E-state index contributed by atoms with van der Waals surface area (Å²) in [6.45, 7) is 0. The molecule has 7 aromatic carbocycles. The fourth-order valence-electron chi connectivity index (χ4n) is 7.71. The highest BCUT2D eigenvalue weighted by Gasteiger charge is 2.32. The normalized spacial score (nSPS) is 14.9. The first kappa shape index (κ1) is 27.6. The summed E-state index contributed by atoms with van der Waals surface area (Å²) in [5.41, 5.74) is 11.9. The summed E-state index contributed by atoms with van der Waals surface area (Å²) in [5, 5.41) is 11.5. The van der Waals surface area contributed by atoms with E-state index >= 15 is 0 Å². The van der Waals surface area contributed by atoms with Crippen LogP contribution in [0.15, 0.2) is 176 Å². The number of aromatic nitrogens is 1. The lowest BCUT2D eigenvalue weighted by atomic mass is 9.90. The molecular weight excluding hydrogens is 595 g/mol. The van der Waals surface area contributed by atoms with Crippen molar-refractivity contribution in [2.75, 3.05) is 10.2 Å². The number of fused-ring (bicyclic) bond motifs is 9. The molecule has 1 atom stereocenters. The van der Waals surface area contributed by atoms with E-state index in [0.717, 1.165) is 16.8 Å². The Kier molecular flexibility index (Phi) is 6.25. The molecular formula is C46H31N3. The molecule has 10 rings (SSSR count). The van der Waals surface area contributed by atoms with E-state index in [-0.39, 0.29) is 6.17 Å². The summed E-state index contributed by atoms with van der Waals surface area (Å²) in [6, 6.07) is 53.1. The first-order chi connectivity index (χ1) is 24.3. The van der Waals surface area contributed by atoms with Gasteiger partial charge < -0.3 is 10.2 Å². The van der Waals surface area contributed by atoms with E-state index in [4.69, 9.17) is 0 Å². The fourth-order valence-corrected chi connectivity index (χ4v) is 7.71. The maximum Gasteiger partial charge on any atom is 0.123 e. The van der Waals surface area contributed by atoms with Crippen LogP contribution in [0.3, 0.4) is 0 Å². The van der Waals surface area contributed by atoms with Crippen LogP contribution >= 0.6 is 0 Å². The topological polar surface area (TPSA) is 28.2 Å². The van der Waals surface area contributed by atoms with Crippen molar-refractivity contribution in [3.63, 3.8) is 0 Å². The van der Waals surface area contributed by atoms with E-state index in [9.17, 15) is 0 Å². The quantitative estimate of drug-likeness (QED) is 0.197. The predicted octanol–water partition coefficient (Wildman–Crippen LogP) is 11.7. The van der Waals surface area contributed by atoms with Crippen molar-refractivity contribution < 1.29 is 0 Å². The van der Waals surface area contributed by atoms with Gasteiger partial charge in [0.15, 0.2) is 0 Å². The van der Waals surface area contributed by atoms with Gasteiger partial charge in [0.1, 0.15) is 6.17 Å². The van der Waals surface area contributed by atoms with Crippen LogP contribution in [0.4, 0.5) is 11.4 Å². The molecule has 49 heavy (non-hydrogen) atoms. The number of nitrogens with zero attached hydrogens (tertiary/aromatic N) is 2. The predicted molar refractivity (Wildman–Crippen MR) is 207 cm³/mol. The molecule has 1 N–H and O–H groups in total. The Morgan fingerprint density at radius 2 is 1.04 bits per heavy atom. The average molecular weight is 626 g/mol. The minimum absolute atomic E-state index is 0.0657. The molecule has 0 saturated heterocycles. The van der Waals surface area contributed by atoms with Gasteiger partial charge in [-0.3, -0.25) is 4.98 Å². The van der Waals surface area contributed by atoms with Crippen molar-refractivity contribution in [2.45, 2.75) is 6.17 Å². The number of hydrogen-bond donors (Lipinski definition) is 1. The maximum absolute atomic E-state index is 4.29. The molecule has 2 aliphatic heterocycles. The number of nitrogens with one attached hydrogen (secondary N) is 1. The van der Waals surface area contributed by atoms with Crippen LogP contribution in [0.25, 0.3) is 71.4 Å². The minimum atomic E-state index is 0.0657. The Labute approximate surface area is 285 Å². The molecule has 0 spiro atoms. The molecule has 0 radical (unpaired) electrons. The molecule has 8 aromatic rings. The van der Waals surface area contributed by atoms with Gasteiger partial charge in [-0.2, -0.15) is 0 Å². The second-order valence-electron chi connectivity index (χ2n) is 12.9. The highest BCUT2D eigenvalue weighted by atomic mass is 15.3. The standard InChI is InChI=1S/C46H31N3/c1-2-8-30(9-3-1)33-19-22-39-40-23-20-34(27-42(40)38-12-5-4-11-37(38)41(39)26-33)35-21-24-45-43(28-35)48-46-14-6-13-44(49(45)46)32-17-15-31(16-18-32)36-10-7-25-47-29-36/h1-29,46,48H. The van der Waals surface area contributed by atoms with Crippen molar-refractivity contribution in [3.8, 4) is 33.4 Å². The van der Waals surface area contributed by atoms with Crippen LogP contribution in [-0.2, 0) is 0 Å². The molecule has 0 fully saturated rings. The Hall–Kier alpha value is -6.45. The summed E-state index contributed by atoms with van der Waals surface area (Å²) in [6.07, 6.45) is 10.4. The zero-order valence-electron chi connectivity index (χ0n) is 26.7. The van der Waals surface area contributed by atoms with Gasteiger partial charge in [-0.1, -0.05) is 121 Å². The molecule has 0 amide bonds. The number of allylic oxidation sites excluding steroid dienone is 2. The molecule has 0 aliphatic carbocycles. The molecule has 1 aromatic heterocycles. The van der Waals surface area contributed by atoms with Gasteiger partial charge in [0.2, 0.25) is 0 Å². The van der Waals surface area contributed by atoms with E-state index in [1.807, 2.05) is 18.5 Å². The summed E-state index contributed by atoms with van der Waals surface area (Å²) in [4.78, 5) is 6.69. The average Bonchev–Trinajstić information content (AvgIpc) is 3.57. The maximum atomic E-state index is 4.29. The van der Waals surface area contributed by atoms with Crippen molar-refractivity contribution in [2.24, 2.45) is 0 Å². The third-order valence-electron chi connectivity index (χ3n) is 10.1. The molecule has 0 bridgehead atoms. The first-order valence-corrected chi connectivity index (χ1v) is 16.8. The zero-order valence-corrected chi connectivity index (χ0v) is 26.7. The summed E-state index contributed by atoms with van der Waals surface area (Å²) in [7, 11) is 0. The molecule has 1 unspecified atom stereocenters. The number of rotatable bonds is 4. The molecule has 3 heterocycles. The van der Waals surface area contributed by atoms with Gasteiger partial charge in [-0.25, -0.2) is 0 Å². The number of hydrogen-bond acceptors (Lipinski definition) is 3. The molecule has 230 valence electrons. The SMILES string of the molecule is C1=CC2Nc3cc(-c4ccc5c6ccc(-c7ccccc7)cc6c6ccccc6c5c4)ccc3N2C(c2ccc(-c3cccnc3)cc2)=C1. The van der Waals surface area contributed by atoms with Crippen molar-refractivity contribution in [1.82, 2.24) is 4.98 Å². The van der Waals surface area contributed by atoms with Crippen LogP contribution in [0.1, 0.15) is 5.56 Å². The van der Waals surface area contributed by atoms with Crippen LogP contribution < -0.4 is 10.2 Å². The molecule has 3 nitrogen and oxygen atoms in total. The van der Waals surface area contributed by atoms with Crippen LogP contribution in [0.2, 0.25) is 0 Å². The minimum Gasteiger partial charge on any atom is -0.360 e. The van der Waals surface area contributed by atoms with Gasteiger partial charge in [0.05, 0.1) is 17.1 Å². The van der Waals surface area contributed by atoms with E-state index in [0.29, 0.717) is 0 Å². The smallest absolute Gasteiger partial charge is 0.123 e. The van der Waals surface area contributed by atoms with Gasteiger partial charge in [0, 0.05) is 12.4 Å². The third kappa shape index (κ3) is 4.55. The van der Waals surface area contributed by atoms with Crippen molar-refractivity contribution in [3.05, 3.63) is 182 Å². The van der Waals surface area contributed by atoms with Gasteiger partial charge in [-0.05, 0) is 114 Å². The van der Waals surface area contributed by atoms with Crippen molar-refractivity contribution in [1.29, 1.82) is 0 Å². The lowest BCUT2D eigenvalue weighted by Crippen LogP contribution is -2.34. The fraction of sp³-hybridized carbons (Fsp3) is 0.0217. The second-order valence-corrected chi connectivity index (χ2v) is 12.9. The Balaban J connectivity index is 1.03. The van der Waals surface area contributed by atoms with E-state index in [1.165, 1.54) is 71.5 Å². The molecule has 2 aliphatic rings. The van der Waals surface area contributed by atoms with Crippen LogP contribution in [-0.4, -0.2) is 11.1 Å². The largest absolute Gasteiger partial charge is 0.360 e. The first-order valence-electron chi connectivity index (χ1n) is 16.8. The van der Waals surface area contributed by atoms with Crippen LogP contribution in [0.5, 0.6) is 0 Å².